The lowest BCUT2D eigenvalue weighted by molar-refractivity contribution is 0.103. The van der Waals surface area contributed by atoms with Crippen molar-refractivity contribution in [2.45, 2.75) is 25.3 Å². The van der Waals surface area contributed by atoms with Gasteiger partial charge >= 0.3 is 0 Å². The summed E-state index contributed by atoms with van der Waals surface area (Å²) in [7, 11) is 2.27. The molecule has 98 valence electrons. The molecule has 1 aromatic heterocycles. The van der Waals surface area contributed by atoms with Crippen LogP contribution in [-0.4, -0.2) is 43.9 Å². The lowest BCUT2D eigenvalue weighted by atomic mass is 9.84. The van der Waals surface area contributed by atoms with E-state index in [4.69, 9.17) is 0 Å². The van der Waals surface area contributed by atoms with Crippen molar-refractivity contribution >= 4 is 22.6 Å². The van der Waals surface area contributed by atoms with Crippen molar-refractivity contribution in [2.24, 2.45) is 5.92 Å². The van der Waals surface area contributed by atoms with Crippen LogP contribution in [0.4, 0.5) is 5.00 Å². The van der Waals surface area contributed by atoms with Crippen molar-refractivity contribution in [1.82, 2.24) is 4.90 Å². The number of likely N-dealkylation sites (tertiary alicyclic amines) is 1. The lowest BCUT2D eigenvalue weighted by Gasteiger charge is -2.46. The Morgan fingerprint density at radius 3 is 3.00 bits per heavy atom. The second kappa shape index (κ2) is 5.02. The number of carbonyl (C=O) groups excluding carboxylic acids is 1. The first-order valence-corrected chi connectivity index (χ1v) is 7.60. The zero-order valence-electron chi connectivity index (χ0n) is 10.8. The van der Waals surface area contributed by atoms with E-state index in [1.807, 2.05) is 6.07 Å². The monoisotopic (exact) mass is 264 g/mol. The predicted octanol–water partition coefficient (Wildman–Crippen LogP) is 2.48. The number of nitrogens with zero attached hydrogens (tertiary/aromatic N) is 2. The molecule has 3 nitrogen and oxygen atoms in total. The normalized spacial score (nSPS) is 29.1. The molecule has 2 unspecified atom stereocenters. The van der Waals surface area contributed by atoms with Gasteiger partial charge in [-0.1, -0.05) is 0 Å². The van der Waals surface area contributed by atoms with Gasteiger partial charge in [0.25, 0.3) is 0 Å². The van der Waals surface area contributed by atoms with Crippen molar-refractivity contribution in [3.05, 3.63) is 17.0 Å². The second-order valence-corrected chi connectivity index (χ2v) is 6.57. The molecule has 0 amide bonds. The van der Waals surface area contributed by atoms with Crippen LogP contribution < -0.4 is 4.90 Å². The summed E-state index contributed by atoms with van der Waals surface area (Å²) in [6.45, 7) is 3.55. The molecule has 0 aliphatic carbocycles. The highest BCUT2D eigenvalue weighted by molar-refractivity contribution is 7.17. The van der Waals surface area contributed by atoms with Gasteiger partial charge in [-0.25, -0.2) is 0 Å². The van der Waals surface area contributed by atoms with Crippen LogP contribution in [0, 0.1) is 5.92 Å². The van der Waals surface area contributed by atoms with Gasteiger partial charge < -0.3 is 9.80 Å². The largest absolute Gasteiger partial charge is 0.363 e. The average molecular weight is 264 g/mol. The molecule has 2 atom stereocenters. The van der Waals surface area contributed by atoms with E-state index in [1.165, 1.54) is 30.8 Å². The highest BCUT2D eigenvalue weighted by atomic mass is 32.1. The summed E-state index contributed by atoms with van der Waals surface area (Å²) in [5.41, 5.74) is 0. The summed E-state index contributed by atoms with van der Waals surface area (Å²) in [5.74, 6) is 0.805. The first kappa shape index (κ1) is 12.2. The number of hydrogen-bond donors (Lipinski definition) is 0. The van der Waals surface area contributed by atoms with Crippen molar-refractivity contribution in [3.63, 3.8) is 0 Å². The van der Waals surface area contributed by atoms with Crippen LogP contribution in [0.3, 0.4) is 0 Å². The first-order chi connectivity index (χ1) is 8.78. The SMILES string of the molecule is CN1CCCC2CN(c3ccc(C=O)s3)CCC21. The lowest BCUT2D eigenvalue weighted by Crippen LogP contribution is -2.52. The van der Waals surface area contributed by atoms with Crippen molar-refractivity contribution in [2.75, 3.05) is 31.6 Å². The third-order valence-electron chi connectivity index (χ3n) is 4.39. The van der Waals surface area contributed by atoms with Crippen LogP contribution in [0.1, 0.15) is 28.9 Å². The van der Waals surface area contributed by atoms with Crippen LogP contribution in [0.5, 0.6) is 0 Å². The Hall–Kier alpha value is -0.870. The zero-order valence-corrected chi connectivity index (χ0v) is 11.7. The summed E-state index contributed by atoms with van der Waals surface area (Å²) in [6, 6.07) is 4.81. The second-order valence-electron chi connectivity index (χ2n) is 5.48. The third kappa shape index (κ3) is 2.19. The van der Waals surface area contributed by atoms with Crippen LogP contribution in [0.2, 0.25) is 0 Å². The maximum Gasteiger partial charge on any atom is 0.160 e. The van der Waals surface area contributed by atoms with Gasteiger partial charge in [-0.05, 0) is 50.9 Å². The number of carbonyl (C=O) groups is 1. The van der Waals surface area contributed by atoms with Crippen LogP contribution in [0.15, 0.2) is 12.1 Å². The molecule has 2 fully saturated rings. The van der Waals surface area contributed by atoms with Crippen LogP contribution in [-0.2, 0) is 0 Å². The van der Waals surface area contributed by atoms with E-state index in [9.17, 15) is 4.79 Å². The Kier molecular flexibility index (Phi) is 3.39. The summed E-state index contributed by atoms with van der Waals surface area (Å²) in [6.07, 6.45) is 4.90. The summed E-state index contributed by atoms with van der Waals surface area (Å²) in [5, 5.41) is 1.27. The van der Waals surface area contributed by atoms with Gasteiger partial charge in [0.1, 0.15) is 0 Å². The van der Waals surface area contributed by atoms with Crippen LogP contribution >= 0.6 is 11.3 Å². The highest BCUT2D eigenvalue weighted by Crippen LogP contribution is 2.34. The van der Waals surface area contributed by atoms with Crippen molar-refractivity contribution < 1.29 is 4.79 Å². The summed E-state index contributed by atoms with van der Waals surface area (Å²) in [4.78, 5) is 16.6. The van der Waals surface area contributed by atoms with E-state index in [1.54, 1.807) is 11.3 Å². The van der Waals surface area contributed by atoms with Gasteiger partial charge in [-0.2, -0.15) is 0 Å². The molecule has 2 saturated heterocycles. The number of rotatable bonds is 2. The minimum absolute atomic E-state index is 0.778. The molecule has 4 heteroatoms. The molecular weight excluding hydrogens is 244 g/mol. The molecule has 3 heterocycles. The van der Waals surface area contributed by atoms with E-state index in [0.717, 1.165) is 36.2 Å². The number of thiophene rings is 1. The number of piperidine rings is 2. The molecule has 3 rings (SSSR count). The van der Waals surface area contributed by atoms with E-state index in [0.29, 0.717) is 0 Å². The van der Waals surface area contributed by atoms with E-state index >= 15 is 0 Å². The number of anilines is 1. The molecule has 0 radical (unpaired) electrons. The average Bonchev–Trinajstić information content (AvgIpc) is 2.87. The van der Waals surface area contributed by atoms with Gasteiger partial charge in [0, 0.05) is 19.1 Å². The molecule has 0 saturated carbocycles. The quantitative estimate of drug-likeness (QED) is 0.767. The Balaban J connectivity index is 1.71. The molecule has 0 aromatic carbocycles. The number of fused-ring (bicyclic) bond motifs is 1. The molecule has 0 bridgehead atoms. The molecule has 1 aromatic rings. The molecule has 2 aliphatic rings. The summed E-state index contributed by atoms with van der Waals surface area (Å²) < 4.78 is 0. The maximum atomic E-state index is 10.8. The molecule has 0 spiro atoms. The van der Waals surface area contributed by atoms with Crippen molar-refractivity contribution in [1.29, 1.82) is 0 Å². The molecule has 18 heavy (non-hydrogen) atoms. The fraction of sp³-hybridized carbons (Fsp3) is 0.643. The molecule has 0 N–H and O–H groups in total. The third-order valence-corrected chi connectivity index (χ3v) is 5.46. The van der Waals surface area contributed by atoms with E-state index < -0.39 is 0 Å². The predicted molar refractivity (Wildman–Crippen MR) is 75.7 cm³/mol. The van der Waals surface area contributed by atoms with Gasteiger partial charge in [0.2, 0.25) is 0 Å². The Bertz CT molecular complexity index is 431. The summed E-state index contributed by atoms with van der Waals surface area (Å²) >= 11 is 1.62. The van der Waals surface area contributed by atoms with Gasteiger partial charge in [0.15, 0.2) is 6.29 Å². The smallest absolute Gasteiger partial charge is 0.160 e. The molecule has 2 aliphatic heterocycles. The van der Waals surface area contributed by atoms with E-state index in [2.05, 4.69) is 22.9 Å². The van der Waals surface area contributed by atoms with Gasteiger partial charge in [-0.15, -0.1) is 11.3 Å². The Morgan fingerprint density at radius 2 is 2.22 bits per heavy atom. The maximum absolute atomic E-state index is 10.8. The topological polar surface area (TPSA) is 23.6 Å². The first-order valence-electron chi connectivity index (χ1n) is 6.78. The Labute approximate surface area is 112 Å². The molecular formula is C14H20N2OS. The van der Waals surface area contributed by atoms with Crippen LogP contribution in [0.25, 0.3) is 0 Å². The van der Waals surface area contributed by atoms with E-state index in [-0.39, 0.29) is 0 Å². The fourth-order valence-corrected chi connectivity index (χ4v) is 4.28. The highest BCUT2D eigenvalue weighted by Gasteiger charge is 2.34. The fourth-order valence-electron chi connectivity index (χ4n) is 3.43. The van der Waals surface area contributed by atoms with Gasteiger partial charge in [0.05, 0.1) is 9.88 Å². The van der Waals surface area contributed by atoms with Crippen molar-refractivity contribution in [3.8, 4) is 0 Å². The number of hydrogen-bond acceptors (Lipinski definition) is 4. The minimum Gasteiger partial charge on any atom is -0.363 e. The number of aldehydes is 1. The minimum atomic E-state index is 0.778. The Morgan fingerprint density at radius 1 is 1.33 bits per heavy atom. The zero-order chi connectivity index (χ0) is 12.5. The standard InChI is InChI=1S/C14H20N2OS/c1-15-7-2-3-11-9-16(8-6-13(11)15)14-5-4-12(10-17)18-14/h4-5,10-11,13H,2-3,6-9H2,1H3. The van der Waals surface area contributed by atoms with Gasteiger partial charge in [-0.3, -0.25) is 4.79 Å².